The first-order chi connectivity index (χ1) is 8.66. The highest BCUT2D eigenvalue weighted by molar-refractivity contribution is 5.81. The fourth-order valence-electron chi connectivity index (χ4n) is 1.98. The number of amides is 1. The number of carbonyl (C=O) groups excluding carboxylic acids is 1. The zero-order valence-corrected chi connectivity index (χ0v) is 10.4. The number of ether oxygens (including phenoxy) is 1. The summed E-state index contributed by atoms with van der Waals surface area (Å²) in [6.45, 7) is 2.11. The molecule has 1 fully saturated rings. The number of nitrogens with zero attached hydrogens (tertiary/aromatic N) is 1. The second kappa shape index (κ2) is 5.93. The third-order valence-corrected chi connectivity index (χ3v) is 2.90. The van der Waals surface area contributed by atoms with Crippen LogP contribution in [-0.2, 0) is 16.1 Å². The number of carbonyl (C=O) groups is 1. The first-order valence-corrected chi connectivity index (χ1v) is 5.97. The van der Waals surface area contributed by atoms with E-state index in [1.54, 1.807) is 24.1 Å². The molecule has 0 radical (unpaired) electrons. The summed E-state index contributed by atoms with van der Waals surface area (Å²) in [5.41, 5.74) is 0.780. The monoisotopic (exact) mass is 252 g/mol. The van der Waals surface area contributed by atoms with E-state index in [0.29, 0.717) is 26.3 Å². The topological polar surface area (TPSA) is 41.6 Å². The molecule has 0 spiro atoms. The SMILES string of the molecule is CN(Cc1cccc(F)c1)C(=O)C1COCCN1. The van der Waals surface area contributed by atoms with E-state index in [1.807, 2.05) is 0 Å². The van der Waals surface area contributed by atoms with E-state index in [0.717, 1.165) is 5.56 Å². The van der Waals surface area contributed by atoms with Crippen LogP contribution in [-0.4, -0.2) is 43.7 Å². The molecule has 0 aromatic heterocycles. The van der Waals surface area contributed by atoms with Crippen LogP contribution in [0.3, 0.4) is 0 Å². The van der Waals surface area contributed by atoms with E-state index in [-0.39, 0.29) is 17.8 Å². The molecule has 1 saturated heterocycles. The fourth-order valence-corrected chi connectivity index (χ4v) is 1.98. The molecule has 2 rings (SSSR count). The number of morpholine rings is 1. The molecular formula is C13H17FN2O2. The minimum atomic E-state index is -0.294. The van der Waals surface area contributed by atoms with E-state index in [4.69, 9.17) is 4.74 Å². The summed E-state index contributed by atoms with van der Waals surface area (Å²) in [6, 6.07) is 5.98. The van der Waals surface area contributed by atoms with Crippen LogP contribution in [0.15, 0.2) is 24.3 Å². The summed E-state index contributed by atoms with van der Waals surface area (Å²) >= 11 is 0. The maximum Gasteiger partial charge on any atom is 0.242 e. The third kappa shape index (κ3) is 3.27. The van der Waals surface area contributed by atoms with Crippen LogP contribution >= 0.6 is 0 Å². The van der Waals surface area contributed by atoms with Gasteiger partial charge in [-0.15, -0.1) is 0 Å². The molecule has 1 heterocycles. The Labute approximate surface area is 106 Å². The van der Waals surface area contributed by atoms with E-state index in [9.17, 15) is 9.18 Å². The van der Waals surface area contributed by atoms with Crippen LogP contribution in [0.4, 0.5) is 4.39 Å². The van der Waals surface area contributed by atoms with Gasteiger partial charge in [-0.2, -0.15) is 0 Å². The number of halogens is 1. The van der Waals surface area contributed by atoms with Gasteiger partial charge in [0.2, 0.25) is 5.91 Å². The molecule has 1 aliphatic rings. The fraction of sp³-hybridized carbons (Fsp3) is 0.462. The van der Waals surface area contributed by atoms with Crippen molar-refractivity contribution in [3.63, 3.8) is 0 Å². The summed E-state index contributed by atoms with van der Waals surface area (Å²) in [6.07, 6.45) is 0. The van der Waals surface area contributed by atoms with Crippen LogP contribution in [0.25, 0.3) is 0 Å². The van der Waals surface area contributed by atoms with Gasteiger partial charge in [-0.3, -0.25) is 4.79 Å². The summed E-state index contributed by atoms with van der Waals surface area (Å²) in [5.74, 6) is -0.313. The Morgan fingerprint density at radius 1 is 1.61 bits per heavy atom. The van der Waals surface area contributed by atoms with Gasteiger partial charge >= 0.3 is 0 Å². The van der Waals surface area contributed by atoms with Crippen molar-refractivity contribution in [3.8, 4) is 0 Å². The maximum atomic E-state index is 13.0. The third-order valence-electron chi connectivity index (χ3n) is 2.90. The number of likely N-dealkylation sites (N-methyl/N-ethyl adjacent to an activating group) is 1. The zero-order valence-electron chi connectivity index (χ0n) is 10.4. The Bertz CT molecular complexity index is 419. The number of hydrogen-bond acceptors (Lipinski definition) is 3. The average molecular weight is 252 g/mol. The van der Waals surface area contributed by atoms with Crippen molar-refractivity contribution in [3.05, 3.63) is 35.6 Å². The van der Waals surface area contributed by atoms with Gasteiger partial charge in [0.25, 0.3) is 0 Å². The minimum Gasteiger partial charge on any atom is -0.378 e. The molecule has 5 heteroatoms. The molecule has 1 atom stereocenters. The molecule has 1 N–H and O–H groups in total. The molecule has 1 amide bonds. The number of benzene rings is 1. The van der Waals surface area contributed by atoms with Crippen LogP contribution in [0.1, 0.15) is 5.56 Å². The number of hydrogen-bond donors (Lipinski definition) is 1. The second-order valence-electron chi connectivity index (χ2n) is 4.41. The molecule has 98 valence electrons. The lowest BCUT2D eigenvalue weighted by molar-refractivity contribution is -0.135. The lowest BCUT2D eigenvalue weighted by Gasteiger charge is -2.27. The van der Waals surface area contributed by atoms with Gasteiger partial charge in [0.15, 0.2) is 0 Å². The highest BCUT2D eigenvalue weighted by atomic mass is 19.1. The molecule has 0 aliphatic carbocycles. The molecule has 1 aromatic rings. The molecule has 1 aliphatic heterocycles. The van der Waals surface area contributed by atoms with E-state index in [1.165, 1.54) is 12.1 Å². The van der Waals surface area contributed by atoms with Gasteiger partial charge < -0.3 is 15.0 Å². The molecule has 0 saturated carbocycles. The Morgan fingerprint density at radius 3 is 3.11 bits per heavy atom. The highest BCUT2D eigenvalue weighted by Crippen LogP contribution is 2.08. The van der Waals surface area contributed by atoms with E-state index in [2.05, 4.69) is 5.32 Å². The molecule has 0 bridgehead atoms. The summed E-state index contributed by atoms with van der Waals surface area (Å²) in [5, 5.41) is 3.11. The quantitative estimate of drug-likeness (QED) is 0.864. The van der Waals surface area contributed by atoms with Crippen molar-refractivity contribution in [1.29, 1.82) is 0 Å². The second-order valence-corrected chi connectivity index (χ2v) is 4.41. The molecule has 1 unspecified atom stereocenters. The van der Waals surface area contributed by atoms with E-state index >= 15 is 0 Å². The standard InChI is InChI=1S/C13H17FN2O2/c1-16(8-10-3-2-4-11(14)7-10)13(17)12-9-18-6-5-15-12/h2-4,7,12,15H,5-6,8-9H2,1H3. The summed E-state index contributed by atoms with van der Waals surface area (Å²) in [7, 11) is 1.71. The van der Waals surface area contributed by atoms with Crippen LogP contribution in [0, 0.1) is 5.82 Å². The Balaban J connectivity index is 1.94. The Morgan fingerprint density at radius 2 is 2.44 bits per heavy atom. The van der Waals surface area contributed by atoms with E-state index < -0.39 is 0 Å². The molecule has 18 heavy (non-hydrogen) atoms. The normalized spacial score (nSPS) is 19.6. The number of rotatable bonds is 3. The van der Waals surface area contributed by atoms with Gasteiger partial charge in [0, 0.05) is 20.1 Å². The van der Waals surface area contributed by atoms with Crippen LogP contribution < -0.4 is 5.32 Å². The van der Waals surface area contributed by atoms with Gasteiger partial charge in [-0.25, -0.2) is 4.39 Å². The lowest BCUT2D eigenvalue weighted by atomic mass is 10.2. The lowest BCUT2D eigenvalue weighted by Crippen LogP contribution is -2.51. The summed E-state index contributed by atoms with van der Waals surface area (Å²) in [4.78, 5) is 13.7. The highest BCUT2D eigenvalue weighted by Gasteiger charge is 2.24. The Hall–Kier alpha value is -1.46. The molecule has 1 aromatic carbocycles. The van der Waals surface area contributed by atoms with Crippen molar-refractivity contribution in [2.45, 2.75) is 12.6 Å². The van der Waals surface area contributed by atoms with Crippen LogP contribution in [0.5, 0.6) is 0 Å². The summed E-state index contributed by atoms with van der Waals surface area (Å²) < 4.78 is 18.3. The predicted molar refractivity (Wildman–Crippen MR) is 65.5 cm³/mol. The van der Waals surface area contributed by atoms with Crippen molar-refractivity contribution in [2.24, 2.45) is 0 Å². The predicted octanol–water partition coefficient (Wildman–Crippen LogP) is 0.772. The molecule has 4 nitrogen and oxygen atoms in total. The molecular weight excluding hydrogens is 235 g/mol. The van der Waals surface area contributed by atoms with Gasteiger partial charge in [0.05, 0.1) is 13.2 Å². The van der Waals surface area contributed by atoms with Gasteiger partial charge in [0.1, 0.15) is 11.9 Å². The average Bonchev–Trinajstić information content (AvgIpc) is 2.39. The number of nitrogens with one attached hydrogen (secondary N) is 1. The van der Waals surface area contributed by atoms with Crippen molar-refractivity contribution < 1.29 is 13.9 Å². The van der Waals surface area contributed by atoms with Crippen molar-refractivity contribution >= 4 is 5.91 Å². The van der Waals surface area contributed by atoms with Crippen molar-refractivity contribution in [2.75, 3.05) is 26.8 Å². The smallest absolute Gasteiger partial charge is 0.242 e. The minimum absolute atomic E-state index is 0.0287. The van der Waals surface area contributed by atoms with Gasteiger partial charge in [-0.1, -0.05) is 12.1 Å². The van der Waals surface area contributed by atoms with Gasteiger partial charge in [-0.05, 0) is 17.7 Å². The first-order valence-electron chi connectivity index (χ1n) is 5.97. The first kappa shape index (κ1) is 13.0. The largest absolute Gasteiger partial charge is 0.378 e. The Kier molecular flexibility index (Phi) is 4.28. The maximum absolute atomic E-state index is 13.0. The zero-order chi connectivity index (χ0) is 13.0. The van der Waals surface area contributed by atoms with Crippen molar-refractivity contribution in [1.82, 2.24) is 10.2 Å². The van der Waals surface area contributed by atoms with Crippen LogP contribution in [0.2, 0.25) is 0 Å².